The van der Waals surface area contributed by atoms with E-state index in [9.17, 15) is 10.5 Å². The van der Waals surface area contributed by atoms with E-state index in [1.165, 1.54) is 0 Å². The average molecular weight is 296 g/mol. The van der Waals surface area contributed by atoms with Crippen molar-refractivity contribution in [2.24, 2.45) is 11.3 Å². The Kier molecular flexibility index (Phi) is 5.72. The van der Waals surface area contributed by atoms with Crippen molar-refractivity contribution in [3.63, 3.8) is 0 Å². The first kappa shape index (κ1) is 17.9. The van der Waals surface area contributed by atoms with Gasteiger partial charge in [-0.25, -0.2) is 0 Å². The largest absolute Gasteiger partial charge is 0.345 e. The normalized spacial score (nSPS) is 24.6. The summed E-state index contributed by atoms with van der Waals surface area (Å²) in [6, 6.07) is 4.15. The fourth-order valence-electron chi connectivity index (χ4n) is 3.21. The van der Waals surface area contributed by atoms with Crippen molar-refractivity contribution in [3.8, 4) is 12.1 Å². The van der Waals surface area contributed by atoms with Crippen molar-refractivity contribution >= 4 is 0 Å². The zero-order valence-electron chi connectivity index (χ0n) is 13.4. The molecule has 21 heavy (non-hydrogen) atoms. The van der Waals surface area contributed by atoms with Crippen molar-refractivity contribution in [1.29, 1.82) is 10.5 Å². The number of ether oxygens (including phenoxy) is 4. The smallest absolute Gasteiger partial charge is 0.257 e. The number of rotatable bonds is 8. The molecule has 1 rings (SSSR count). The van der Waals surface area contributed by atoms with Gasteiger partial charge in [0.1, 0.15) is 0 Å². The van der Waals surface area contributed by atoms with E-state index >= 15 is 0 Å². The van der Waals surface area contributed by atoms with E-state index in [2.05, 4.69) is 12.1 Å². The van der Waals surface area contributed by atoms with E-state index in [4.69, 9.17) is 18.9 Å². The molecule has 0 aromatic heterocycles. The highest BCUT2D eigenvalue weighted by molar-refractivity contribution is 5.36. The fourth-order valence-corrected chi connectivity index (χ4v) is 3.21. The van der Waals surface area contributed by atoms with Crippen molar-refractivity contribution < 1.29 is 18.9 Å². The second-order valence-electron chi connectivity index (χ2n) is 4.77. The zero-order chi connectivity index (χ0) is 16.1. The Morgan fingerprint density at radius 3 is 1.48 bits per heavy atom. The molecule has 1 aliphatic carbocycles. The summed E-state index contributed by atoms with van der Waals surface area (Å²) in [7, 11) is 0. The number of hydrogen-bond donors (Lipinski definition) is 0. The molecule has 0 aromatic carbocycles. The highest BCUT2D eigenvalue weighted by Crippen LogP contribution is 2.65. The Bertz CT molecular complexity index is 412. The average Bonchev–Trinajstić information content (AvgIpc) is 2.48. The molecule has 118 valence electrons. The quantitative estimate of drug-likeness (QED) is 0.638. The predicted octanol–water partition coefficient (Wildman–Crippen LogP) is 2.21. The van der Waals surface area contributed by atoms with Crippen molar-refractivity contribution in [1.82, 2.24) is 0 Å². The van der Waals surface area contributed by atoms with Crippen LogP contribution < -0.4 is 0 Å². The zero-order valence-corrected chi connectivity index (χ0v) is 13.4. The van der Waals surface area contributed by atoms with Gasteiger partial charge >= 0.3 is 0 Å². The molecule has 0 N–H and O–H groups in total. The summed E-state index contributed by atoms with van der Waals surface area (Å²) in [6.07, 6.45) is 0. The third-order valence-electron chi connectivity index (χ3n) is 3.96. The second-order valence-corrected chi connectivity index (χ2v) is 4.77. The summed E-state index contributed by atoms with van der Waals surface area (Å²) in [4.78, 5) is 0. The molecule has 6 nitrogen and oxygen atoms in total. The third-order valence-corrected chi connectivity index (χ3v) is 3.96. The Labute approximate surface area is 126 Å². The lowest BCUT2D eigenvalue weighted by Crippen LogP contribution is -2.84. The highest BCUT2D eigenvalue weighted by Gasteiger charge is 2.85. The topological polar surface area (TPSA) is 84.5 Å². The minimum Gasteiger partial charge on any atom is -0.345 e. The van der Waals surface area contributed by atoms with Crippen LogP contribution in [-0.4, -0.2) is 38.0 Å². The van der Waals surface area contributed by atoms with Gasteiger partial charge in [0.15, 0.2) is 0 Å². The van der Waals surface area contributed by atoms with Crippen molar-refractivity contribution in [3.05, 3.63) is 0 Å². The summed E-state index contributed by atoms with van der Waals surface area (Å²) >= 11 is 0. The van der Waals surface area contributed by atoms with Gasteiger partial charge in [-0.3, -0.25) is 0 Å². The second kappa shape index (κ2) is 6.72. The molecule has 0 bridgehead atoms. The lowest BCUT2D eigenvalue weighted by molar-refractivity contribution is -0.510. The monoisotopic (exact) mass is 296 g/mol. The van der Waals surface area contributed by atoms with Crippen LogP contribution in [0.15, 0.2) is 0 Å². The van der Waals surface area contributed by atoms with Gasteiger partial charge in [0.25, 0.3) is 5.79 Å². The summed E-state index contributed by atoms with van der Waals surface area (Å²) in [5.41, 5.74) is -1.47. The number of nitriles is 2. The van der Waals surface area contributed by atoms with Crippen LogP contribution in [0.3, 0.4) is 0 Å². The van der Waals surface area contributed by atoms with Crippen LogP contribution >= 0.6 is 0 Å². The summed E-state index contributed by atoms with van der Waals surface area (Å²) < 4.78 is 23.2. The Hall–Kier alpha value is -1.18. The Morgan fingerprint density at radius 1 is 0.810 bits per heavy atom. The molecular weight excluding hydrogens is 272 g/mol. The molecule has 0 aromatic rings. The van der Waals surface area contributed by atoms with E-state index in [0.29, 0.717) is 13.2 Å². The van der Waals surface area contributed by atoms with E-state index < -0.39 is 22.9 Å². The van der Waals surface area contributed by atoms with E-state index in [-0.39, 0.29) is 13.2 Å². The van der Waals surface area contributed by atoms with Crippen molar-refractivity contribution in [2.75, 3.05) is 26.4 Å². The van der Waals surface area contributed by atoms with Crippen LogP contribution in [0.1, 0.15) is 34.6 Å². The van der Waals surface area contributed by atoms with Gasteiger partial charge < -0.3 is 18.9 Å². The van der Waals surface area contributed by atoms with E-state index in [1.807, 2.05) is 13.8 Å². The lowest BCUT2D eigenvalue weighted by atomic mass is 9.52. The molecule has 0 amide bonds. The number of hydrogen-bond acceptors (Lipinski definition) is 6. The lowest BCUT2D eigenvalue weighted by Gasteiger charge is -2.65. The molecule has 0 radical (unpaired) electrons. The van der Waals surface area contributed by atoms with Gasteiger partial charge in [0, 0.05) is 26.4 Å². The SMILES string of the molecule is CCOC1(OCC)[C@H](C)C(C#N)(C#N)C1(OCC)OCC. The minimum absolute atomic E-state index is 0.278. The van der Waals surface area contributed by atoms with Crippen LogP contribution in [0.4, 0.5) is 0 Å². The molecule has 6 heteroatoms. The molecule has 1 saturated carbocycles. The van der Waals surface area contributed by atoms with E-state index in [0.717, 1.165) is 0 Å². The van der Waals surface area contributed by atoms with E-state index in [1.54, 1.807) is 20.8 Å². The van der Waals surface area contributed by atoms with Crippen LogP contribution in [0.5, 0.6) is 0 Å². The van der Waals surface area contributed by atoms with Crippen molar-refractivity contribution in [2.45, 2.75) is 46.2 Å². The maximum absolute atomic E-state index is 9.62. The van der Waals surface area contributed by atoms with Crippen LogP contribution in [-0.2, 0) is 18.9 Å². The van der Waals surface area contributed by atoms with Crippen LogP contribution in [0.25, 0.3) is 0 Å². The predicted molar refractivity (Wildman–Crippen MR) is 74.8 cm³/mol. The molecule has 0 saturated heterocycles. The summed E-state index contributed by atoms with van der Waals surface area (Å²) in [5.74, 6) is -3.30. The molecule has 1 atom stereocenters. The molecule has 0 heterocycles. The summed E-state index contributed by atoms with van der Waals surface area (Å²) in [6.45, 7) is 10.3. The fraction of sp³-hybridized carbons (Fsp3) is 0.867. The first-order valence-electron chi connectivity index (χ1n) is 7.40. The van der Waals surface area contributed by atoms with Crippen LogP contribution in [0, 0.1) is 34.0 Å². The maximum Gasteiger partial charge on any atom is 0.257 e. The minimum atomic E-state index is -1.54. The first-order valence-corrected chi connectivity index (χ1v) is 7.40. The maximum atomic E-state index is 9.62. The molecule has 0 unspecified atom stereocenters. The third kappa shape index (κ3) is 2.06. The van der Waals surface area contributed by atoms with Gasteiger partial charge in [-0.1, -0.05) is 6.92 Å². The molecule has 0 spiro atoms. The molecule has 0 aliphatic heterocycles. The van der Waals surface area contributed by atoms with Crippen LogP contribution in [0.2, 0.25) is 0 Å². The highest BCUT2D eigenvalue weighted by atomic mass is 16.8. The Morgan fingerprint density at radius 2 is 1.19 bits per heavy atom. The molecular formula is C15H24N2O4. The first-order chi connectivity index (χ1) is 10.0. The molecule has 1 fully saturated rings. The Balaban J connectivity index is 3.48. The van der Waals surface area contributed by atoms with Gasteiger partial charge in [-0.15, -0.1) is 0 Å². The summed E-state index contributed by atoms with van der Waals surface area (Å²) in [5, 5.41) is 19.2. The number of nitrogens with zero attached hydrogens (tertiary/aromatic N) is 2. The van der Waals surface area contributed by atoms with Gasteiger partial charge in [0.2, 0.25) is 11.2 Å². The van der Waals surface area contributed by atoms with Gasteiger partial charge in [-0.05, 0) is 27.7 Å². The molecule has 1 aliphatic rings. The standard InChI is InChI=1S/C15H24N2O4/c1-6-18-14(19-7-2)12(5)13(10-16,11-17)15(14,20-8-3)21-9-4/h12H,6-9H2,1-5H3/t12-/m1/s1. The van der Waals surface area contributed by atoms with Gasteiger partial charge in [0.05, 0.1) is 18.1 Å². The van der Waals surface area contributed by atoms with Gasteiger partial charge in [-0.2, -0.15) is 10.5 Å².